The molecule has 0 unspecified atom stereocenters. The molecule has 1 spiro atoms. The number of hydrazine groups is 1. The van der Waals surface area contributed by atoms with E-state index in [1.54, 1.807) is 12.4 Å². The molecule has 0 radical (unpaired) electrons. The van der Waals surface area contributed by atoms with Crippen molar-refractivity contribution in [2.24, 2.45) is 11.3 Å². The number of piperidine rings is 2. The highest BCUT2D eigenvalue weighted by Gasteiger charge is 2.41. The standard InChI is InChI=1S/C22H33N5O2/c28-20(3-1-2-19-14-24-25-15-19)26-12-8-22(9-13-26)7-4-21(29)27(17-22)16-18-5-10-23-11-6-18/h5-6,10-11,19,24-25H,1-4,7-9,12-17H2. The van der Waals surface area contributed by atoms with Gasteiger partial charge in [-0.15, -0.1) is 0 Å². The molecule has 0 aliphatic carbocycles. The average molecular weight is 400 g/mol. The van der Waals surface area contributed by atoms with Gasteiger partial charge in [0.05, 0.1) is 0 Å². The summed E-state index contributed by atoms with van der Waals surface area (Å²) in [5.41, 5.74) is 7.61. The van der Waals surface area contributed by atoms with Crippen LogP contribution in [-0.4, -0.2) is 59.3 Å². The van der Waals surface area contributed by atoms with Gasteiger partial charge in [-0.2, -0.15) is 0 Å². The molecule has 0 atom stereocenters. The van der Waals surface area contributed by atoms with Crippen molar-refractivity contribution in [3.63, 3.8) is 0 Å². The third kappa shape index (κ3) is 5.14. The molecule has 3 fully saturated rings. The maximum absolute atomic E-state index is 12.6. The average Bonchev–Trinajstić information content (AvgIpc) is 3.26. The highest BCUT2D eigenvalue weighted by Crippen LogP contribution is 2.40. The summed E-state index contributed by atoms with van der Waals surface area (Å²) in [5.74, 6) is 1.21. The zero-order chi connectivity index (χ0) is 20.1. The Morgan fingerprint density at radius 1 is 1.14 bits per heavy atom. The Labute approximate surface area is 173 Å². The summed E-state index contributed by atoms with van der Waals surface area (Å²) < 4.78 is 0. The lowest BCUT2D eigenvalue weighted by Gasteiger charge is -2.47. The third-order valence-electron chi connectivity index (χ3n) is 6.96. The molecule has 1 aromatic rings. The number of nitrogens with zero attached hydrogens (tertiary/aromatic N) is 3. The molecule has 2 amide bonds. The first-order chi connectivity index (χ1) is 14.1. The Morgan fingerprint density at radius 2 is 1.86 bits per heavy atom. The fourth-order valence-electron chi connectivity index (χ4n) is 5.00. The van der Waals surface area contributed by atoms with Gasteiger partial charge in [-0.25, -0.2) is 0 Å². The predicted octanol–water partition coefficient (Wildman–Crippen LogP) is 1.71. The first-order valence-electron chi connectivity index (χ1n) is 11.0. The minimum atomic E-state index is 0.179. The van der Waals surface area contributed by atoms with Crippen molar-refractivity contribution < 1.29 is 9.59 Å². The number of amides is 2. The normalized spacial score (nSPS) is 22.4. The third-order valence-corrected chi connectivity index (χ3v) is 6.96. The van der Waals surface area contributed by atoms with E-state index in [1.807, 2.05) is 17.0 Å². The summed E-state index contributed by atoms with van der Waals surface area (Å²) in [4.78, 5) is 33.2. The van der Waals surface area contributed by atoms with Gasteiger partial charge in [-0.05, 0) is 61.1 Å². The second kappa shape index (κ2) is 9.22. The van der Waals surface area contributed by atoms with Crippen LogP contribution in [0.25, 0.3) is 0 Å². The molecule has 29 heavy (non-hydrogen) atoms. The number of carbonyl (C=O) groups is 2. The van der Waals surface area contributed by atoms with Gasteiger partial charge in [0.1, 0.15) is 0 Å². The van der Waals surface area contributed by atoms with E-state index in [9.17, 15) is 9.59 Å². The van der Waals surface area contributed by atoms with Gasteiger partial charge in [0.25, 0.3) is 0 Å². The molecule has 0 bridgehead atoms. The Hall–Kier alpha value is -1.99. The largest absolute Gasteiger partial charge is 0.343 e. The number of nitrogens with one attached hydrogen (secondary N) is 2. The van der Waals surface area contributed by atoms with E-state index in [0.29, 0.717) is 31.2 Å². The van der Waals surface area contributed by atoms with Crippen LogP contribution >= 0.6 is 0 Å². The van der Waals surface area contributed by atoms with Crippen LogP contribution in [0.15, 0.2) is 24.5 Å². The van der Waals surface area contributed by atoms with E-state index in [1.165, 1.54) is 0 Å². The summed E-state index contributed by atoms with van der Waals surface area (Å²) in [7, 11) is 0. The van der Waals surface area contributed by atoms with Crippen molar-refractivity contribution in [3.05, 3.63) is 30.1 Å². The number of hydrogen-bond acceptors (Lipinski definition) is 5. The van der Waals surface area contributed by atoms with Crippen molar-refractivity contribution in [1.29, 1.82) is 0 Å². The molecule has 0 saturated carbocycles. The Balaban J connectivity index is 1.25. The zero-order valence-corrected chi connectivity index (χ0v) is 17.2. The topological polar surface area (TPSA) is 77.6 Å². The first-order valence-corrected chi connectivity index (χ1v) is 11.0. The summed E-state index contributed by atoms with van der Waals surface area (Å²) >= 11 is 0. The molecule has 3 aliphatic heterocycles. The molecule has 3 aliphatic rings. The van der Waals surface area contributed by atoms with E-state index in [2.05, 4.69) is 20.7 Å². The minimum Gasteiger partial charge on any atom is -0.343 e. The summed E-state index contributed by atoms with van der Waals surface area (Å²) in [6.45, 7) is 5.17. The van der Waals surface area contributed by atoms with Crippen LogP contribution in [0.1, 0.15) is 50.5 Å². The van der Waals surface area contributed by atoms with Crippen molar-refractivity contribution in [2.75, 3.05) is 32.7 Å². The van der Waals surface area contributed by atoms with Gasteiger partial charge in [0, 0.05) is 64.5 Å². The lowest BCUT2D eigenvalue weighted by atomic mass is 9.72. The van der Waals surface area contributed by atoms with Gasteiger partial charge in [0.15, 0.2) is 0 Å². The predicted molar refractivity (Wildman–Crippen MR) is 110 cm³/mol. The van der Waals surface area contributed by atoms with Crippen molar-refractivity contribution >= 4 is 11.8 Å². The minimum absolute atomic E-state index is 0.179. The molecule has 7 nitrogen and oxygen atoms in total. The summed E-state index contributed by atoms with van der Waals surface area (Å²) in [6, 6.07) is 3.96. The second-order valence-electron chi connectivity index (χ2n) is 9.01. The fourth-order valence-corrected chi connectivity index (χ4v) is 5.00. The molecule has 4 heterocycles. The molecule has 0 aromatic carbocycles. The van der Waals surface area contributed by atoms with Gasteiger partial charge >= 0.3 is 0 Å². The van der Waals surface area contributed by atoms with Gasteiger partial charge in [-0.3, -0.25) is 25.4 Å². The maximum Gasteiger partial charge on any atom is 0.222 e. The van der Waals surface area contributed by atoms with Crippen LogP contribution in [0, 0.1) is 11.3 Å². The van der Waals surface area contributed by atoms with E-state index < -0.39 is 0 Å². The van der Waals surface area contributed by atoms with Crippen molar-refractivity contribution in [3.8, 4) is 0 Å². The Kier molecular flexibility index (Phi) is 6.45. The lowest BCUT2D eigenvalue weighted by molar-refractivity contribution is -0.143. The smallest absolute Gasteiger partial charge is 0.222 e. The molecule has 1 aromatic heterocycles. The van der Waals surface area contributed by atoms with Crippen LogP contribution in [0.3, 0.4) is 0 Å². The second-order valence-corrected chi connectivity index (χ2v) is 9.01. The van der Waals surface area contributed by atoms with Gasteiger partial charge in [0.2, 0.25) is 11.8 Å². The highest BCUT2D eigenvalue weighted by molar-refractivity contribution is 5.77. The number of hydrogen-bond donors (Lipinski definition) is 2. The Bertz CT molecular complexity index is 696. The number of aromatic nitrogens is 1. The molecule has 3 saturated heterocycles. The number of rotatable bonds is 6. The van der Waals surface area contributed by atoms with Crippen LogP contribution < -0.4 is 10.9 Å². The molecular formula is C22H33N5O2. The molecule has 158 valence electrons. The highest BCUT2D eigenvalue weighted by atomic mass is 16.2. The van der Waals surface area contributed by atoms with E-state index in [0.717, 1.165) is 70.4 Å². The number of pyridine rings is 1. The van der Waals surface area contributed by atoms with E-state index in [4.69, 9.17) is 0 Å². The van der Waals surface area contributed by atoms with Gasteiger partial charge < -0.3 is 9.80 Å². The quantitative estimate of drug-likeness (QED) is 0.762. The summed E-state index contributed by atoms with van der Waals surface area (Å²) in [5, 5.41) is 0. The molecule has 7 heteroatoms. The van der Waals surface area contributed by atoms with Gasteiger partial charge in [-0.1, -0.05) is 0 Å². The molecule has 4 rings (SSSR count). The first kappa shape index (κ1) is 20.3. The van der Waals surface area contributed by atoms with Crippen LogP contribution in [0.2, 0.25) is 0 Å². The van der Waals surface area contributed by atoms with Crippen LogP contribution in [0.4, 0.5) is 0 Å². The SMILES string of the molecule is O=C(CCCC1CNNC1)N1CCC2(CCC(=O)N(Cc3ccncc3)C2)CC1. The van der Waals surface area contributed by atoms with E-state index in [-0.39, 0.29) is 11.3 Å². The fraction of sp³-hybridized carbons (Fsp3) is 0.682. The molecular weight excluding hydrogens is 366 g/mol. The van der Waals surface area contributed by atoms with Crippen molar-refractivity contribution in [2.45, 2.75) is 51.5 Å². The lowest BCUT2D eigenvalue weighted by Crippen LogP contribution is -2.52. The number of carbonyl (C=O) groups excluding carboxylic acids is 2. The van der Waals surface area contributed by atoms with Crippen LogP contribution in [0.5, 0.6) is 0 Å². The zero-order valence-electron chi connectivity index (χ0n) is 17.2. The number of likely N-dealkylation sites (tertiary alicyclic amines) is 2. The van der Waals surface area contributed by atoms with Crippen LogP contribution in [-0.2, 0) is 16.1 Å². The van der Waals surface area contributed by atoms with Crippen molar-refractivity contribution in [1.82, 2.24) is 25.6 Å². The molecule has 2 N–H and O–H groups in total. The van der Waals surface area contributed by atoms with E-state index >= 15 is 0 Å². The maximum atomic E-state index is 12.6. The summed E-state index contributed by atoms with van der Waals surface area (Å²) in [6.07, 6.45) is 9.91. The monoisotopic (exact) mass is 399 g/mol. The Morgan fingerprint density at radius 3 is 2.59 bits per heavy atom.